The maximum absolute atomic E-state index is 13.1. The maximum Gasteiger partial charge on any atom is 0.323 e. The Kier molecular flexibility index (Phi) is 21.8. The van der Waals surface area contributed by atoms with Crippen molar-refractivity contribution in [3.63, 3.8) is 0 Å². The Hall–Kier alpha value is -6.57. The van der Waals surface area contributed by atoms with Gasteiger partial charge in [-0.3, -0.25) is 38.4 Å². The molecule has 4 aromatic carbocycles. The number of carbonyl (C=O) groups is 8. The van der Waals surface area contributed by atoms with Gasteiger partial charge in [-0.25, -0.2) is 0 Å². The number of carbonyl (C=O) groups excluding carboxylic acids is 5. The van der Waals surface area contributed by atoms with Gasteiger partial charge in [0.25, 0.3) is 11.8 Å². The monoisotopic (exact) mass is 1030 g/mol. The SMILES string of the molecule is CC(=O)Sc1cc(N(C)C)ccc1C(=O)N(CC(=O)O)C1CCCC1.CC(=O)Sc1ccc(N)cc1C(=O)N(CC(=O)O)C1CCCC1.CC(=O)c1ccccc1C(=S)N(CC(=O)O)c1ccc(C)cc1. The van der Waals surface area contributed by atoms with E-state index in [0.717, 1.165) is 86.1 Å². The summed E-state index contributed by atoms with van der Waals surface area (Å²) in [6.07, 6.45) is 7.23. The molecule has 0 radical (unpaired) electrons. The van der Waals surface area contributed by atoms with Crippen LogP contribution in [0.25, 0.3) is 0 Å². The van der Waals surface area contributed by atoms with Crippen LogP contribution in [0.1, 0.15) is 114 Å². The average Bonchev–Trinajstić information content (AvgIpc) is 4.06. The number of ketones is 1. The van der Waals surface area contributed by atoms with Gasteiger partial charge in [0.05, 0.1) is 11.1 Å². The number of nitrogens with zero attached hydrogens (tertiary/aromatic N) is 4. The Morgan fingerprint density at radius 1 is 0.577 bits per heavy atom. The average molecular weight is 1030 g/mol. The highest BCUT2D eigenvalue weighted by Gasteiger charge is 2.32. The van der Waals surface area contributed by atoms with E-state index in [9.17, 15) is 48.6 Å². The van der Waals surface area contributed by atoms with E-state index in [-0.39, 0.29) is 59.5 Å². The zero-order valence-corrected chi connectivity index (χ0v) is 43.2. The summed E-state index contributed by atoms with van der Waals surface area (Å²) in [6.45, 7) is 5.36. The normalized spacial score (nSPS) is 13.1. The van der Waals surface area contributed by atoms with E-state index < -0.39 is 17.9 Å². The molecule has 2 saturated carbocycles. The number of carboxylic acid groups (broad SMARTS) is 3. The van der Waals surface area contributed by atoms with Gasteiger partial charge in [0.2, 0.25) is 0 Å². The van der Waals surface area contributed by atoms with Crippen LogP contribution in [0.3, 0.4) is 0 Å². The van der Waals surface area contributed by atoms with Gasteiger partial charge < -0.3 is 40.7 Å². The number of carboxylic acids is 3. The van der Waals surface area contributed by atoms with Gasteiger partial charge in [-0.15, -0.1) is 0 Å². The van der Waals surface area contributed by atoms with E-state index in [2.05, 4.69) is 0 Å². The van der Waals surface area contributed by atoms with Gasteiger partial charge in [-0.05, 0) is 88.1 Å². The highest BCUT2D eigenvalue weighted by atomic mass is 32.2. The van der Waals surface area contributed by atoms with Crippen LogP contribution in [-0.2, 0) is 24.0 Å². The minimum atomic E-state index is -1.05. The van der Waals surface area contributed by atoms with Gasteiger partial charge in [-0.1, -0.05) is 103 Å². The van der Waals surface area contributed by atoms with Gasteiger partial charge >= 0.3 is 17.9 Å². The molecule has 0 bridgehead atoms. The van der Waals surface area contributed by atoms with E-state index in [0.29, 0.717) is 48.4 Å². The van der Waals surface area contributed by atoms with Crippen molar-refractivity contribution >= 4 is 104 Å². The maximum atomic E-state index is 13.1. The summed E-state index contributed by atoms with van der Waals surface area (Å²) in [6, 6.07) is 24.3. The quantitative estimate of drug-likeness (QED) is 0.0355. The third kappa shape index (κ3) is 17.1. The summed E-state index contributed by atoms with van der Waals surface area (Å²) in [5.74, 6) is -3.87. The first-order valence-corrected chi connectivity index (χ1v) is 25.0. The highest BCUT2D eigenvalue weighted by molar-refractivity contribution is 8.13. The van der Waals surface area contributed by atoms with Crippen LogP contribution in [0.4, 0.5) is 17.1 Å². The predicted octanol–water partition coefficient (Wildman–Crippen LogP) is 8.70. The van der Waals surface area contributed by atoms with E-state index in [1.165, 1.54) is 41.5 Å². The fraction of sp³-hybridized carbons (Fsp3) is 0.365. The molecule has 0 aliphatic heterocycles. The lowest BCUT2D eigenvalue weighted by Crippen LogP contribution is -2.42. The van der Waals surface area contributed by atoms with Gasteiger partial charge in [0.15, 0.2) is 16.0 Å². The first kappa shape index (κ1) is 57.0. The summed E-state index contributed by atoms with van der Waals surface area (Å²) in [4.78, 5) is 102. The largest absolute Gasteiger partial charge is 0.480 e. The van der Waals surface area contributed by atoms with Crippen LogP contribution < -0.4 is 15.5 Å². The summed E-state index contributed by atoms with van der Waals surface area (Å²) in [7, 11) is 3.77. The molecule has 16 nitrogen and oxygen atoms in total. The molecule has 6 rings (SSSR count). The molecule has 2 aliphatic rings. The molecule has 19 heteroatoms. The second-order valence-electron chi connectivity index (χ2n) is 17.3. The zero-order valence-electron chi connectivity index (χ0n) is 40.7. The van der Waals surface area contributed by atoms with Crippen LogP contribution in [0.15, 0.2) is 94.7 Å². The molecule has 5 N–H and O–H groups in total. The third-order valence-corrected chi connectivity index (χ3v) is 13.7. The predicted molar refractivity (Wildman–Crippen MR) is 281 cm³/mol. The summed E-state index contributed by atoms with van der Waals surface area (Å²) < 4.78 is 0. The van der Waals surface area contributed by atoms with Crippen molar-refractivity contribution in [3.8, 4) is 0 Å². The highest BCUT2D eigenvalue weighted by Crippen LogP contribution is 2.33. The lowest BCUT2D eigenvalue weighted by molar-refractivity contribution is -0.139. The molecular formula is C52H61N5O11S3. The van der Waals surface area contributed by atoms with Crippen LogP contribution in [-0.4, -0.2) is 122 Å². The van der Waals surface area contributed by atoms with Crippen LogP contribution >= 0.6 is 35.7 Å². The number of hydrogen-bond acceptors (Lipinski definition) is 13. The number of nitrogens with two attached hydrogens (primary N) is 1. The number of Topliss-reactive ketones (excluding diaryl/α,β-unsaturated/α-hetero) is 1. The molecule has 0 heterocycles. The minimum absolute atomic E-state index is 0.0488. The standard InChI is InChI=1S/C18H24N2O4S.C18H17NO3S.C16H20N2O4S/c1-12(21)25-16-10-14(19(2)3)8-9-15(16)18(24)20(11-17(22)23)13-6-4-5-7-13;1-12-7-9-14(10-8-12)19(11-17(21)22)18(23)16-6-4-3-5-15(16)13(2)20;1-10(19)23-14-7-6-11(17)8-13(14)16(22)18(9-15(20)21)12-4-2-3-5-12/h8-10,13H,4-7,11H2,1-3H3,(H,22,23);3-10H,11H2,1-2H3,(H,21,22);6-8,12H,2-5,9,17H2,1H3,(H,20,21). The van der Waals surface area contributed by atoms with Crippen molar-refractivity contribution in [2.24, 2.45) is 0 Å². The zero-order chi connectivity index (χ0) is 52.5. The number of thioether (sulfide) groups is 2. The second-order valence-corrected chi connectivity index (χ2v) is 20.1. The number of rotatable bonds is 16. The second kappa shape index (κ2) is 27.1. The van der Waals surface area contributed by atoms with Gasteiger partial charge in [-0.2, -0.15) is 0 Å². The molecule has 0 spiro atoms. The topological polar surface area (TPSA) is 236 Å². The van der Waals surface area contributed by atoms with Crippen molar-refractivity contribution in [1.29, 1.82) is 0 Å². The Morgan fingerprint density at radius 2 is 1.04 bits per heavy atom. The summed E-state index contributed by atoms with van der Waals surface area (Å²) in [5, 5.41) is 27.3. The first-order chi connectivity index (χ1) is 33.6. The van der Waals surface area contributed by atoms with Crippen molar-refractivity contribution in [2.75, 3.05) is 49.3 Å². The van der Waals surface area contributed by atoms with Crippen LogP contribution in [0.2, 0.25) is 0 Å². The fourth-order valence-electron chi connectivity index (χ4n) is 8.19. The molecule has 71 heavy (non-hydrogen) atoms. The van der Waals surface area contributed by atoms with Crippen LogP contribution in [0.5, 0.6) is 0 Å². The van der Waals surface area contributed by atoms with E-state index in [1.54, 1.807) is 48.5 Å². The molecule has 0 saturated heterocycles. The molecule has 4 aromatic rings. The Bertz CT molecular complexity index is 2610. The lowest BCUT2D eigenvalue weighted by Gasteiger charge is -2.28. The molecule has 2 aliphatic carbocycles. The Balaban J connectivity index is 0.000000232. The van der Waals surface area contributed by atoms with Crippen LogP contribution in [0, 0.1) is 6.92 Å². The van der Waals surface area contributed by atoms with E-state index in [1.807, 2.05) is 56.3 Å². The fourth-order valence-corrected chi connectivity index (χ4v) is 10.00. The Morgan fingerprint density at radius 3 is 1.51 bits per heavy atom. The third-order valence-electron chi connectivity index (χ3n) is 11.5. The van der Waals surface area contributed by atoms with Gasteiger partial charge in [0.1, 0.15) is 24.6 Å². The number of aryl methyl sites for hydroxylation is 1. The first-order valence-electron chi connectivity index (χ1n) is 22.9. The number of anilines is 3. The van der Waals surface area contributed by atoms with Crippen molar-refractivity contribution in [2.45, 2.75) is 101 Å². The van der Waals surface area contributed by atoms with Gasteiger partial charge in [0, 0.05) is 78.0 Å². The Labute approximate surface area is 427 Å². The molecule has 2 fully saturated rings. The molecule has 2 amide bonds. The van der Waals surface area contributed by atoms with Crippen molar-refractivity contribution < 1.29 is 53.7 Å². The number of nitrogen functional groups attached to an aromatic ring is 1. The van der Waals surface area contributed by atoms with E-state index in [4.69, 9.17) is 23.1 Å². The van der Waals surface area contributed by atoms with Crippen molar-refractivity contribution in [1.82, 2.24) is 9.80 Å². The molecule has 0 aromatic heterocycles. The molecule has 0 atom stereocenters. The molecule has 0 unspecified atom stereocenters. The number of hydrogen-bond donors (Lipinski definition) is 4. The summed E-state index contributed by atoms with van der Waals surface area (Å²) >= 11 is 7.45. The molecule has 378 valence electrons. The van der Waals surface area contributed by atoms with Crippen molar-refractivity contribution in [3.05, 3.63) is 113 Å². The number of thiocarbonyl (C=S) groups is 1. The number of amides is 2. The summed E-state index contributed by atoms with van der Waals surface area (Å²) in [5.41, 5.74) is 10.5. The van der Waals surface area contributed by atoms with E-state index >= 15 is 0 Å². The smallest absolute Gasteiger partial charge is 0.323 e. The number of benzene rings is 4. The minimum Gasteiger partial charge on any atom is -0.480 e. The number of aliphatic carboxylic acids is 3. The molecular weight excluding hydrogens is 967 g/mol. The lowest BCUT2D eigenvalue weighted by atomic mass is 10.0.